The largest absolute Gasteiger partial charge is 0.474 e. The van der Waals surface area contributed by atoms with E-state index in [4.69, 9.17) is 9.15 Å². The number of benzene rings is 2. The van der Waals surface area contributed by atoms with Crippen LogP contribution >= 0.6 is 0 Å². The Kier molecular flexibility index (Phi) is 7.98. The summed E-state index contributed by atoms with van der Waals surface area (Å²) in [6.45, 7) is 0.732. The number of aryl methyl sites for hydroxylation is 2. The first-order chi connectivity index (χ1) is 25.2. The van der Waals surface area contributed by atoms with Crippen LogP contribution in [-0.2, 0) is 23.7 Å². The van der Waals surface area contributed by atoms with E-state index in [0.717, 1.165) is 10.9 Å². The lowest BCUT2D eigenvalue weighted by molar-refractivity contribution is -0.134. The Morgan fingerprint density at radius 2 is 1.94 bits per heavy atom. The Morgan fingerprint density at radius 3 is 2.75 bits per heavy atom. The second-order valence-corrected chi connectivity index (χ2v) is 12.4. The van der Waals surface area contributed by atoms with E-state index in [1.807, 2.05) is 11.0 Å². The third kappa shape index (κ3) is 5.69. The normalized spacial score (nSPS) is 15.5. The molecule has 2 N–H and O–H groups in total. The molecule has 260 valence electrons. The topological polar surface area (TPSA) is 166 Å². The number of pyridine rings is 1. The molecule has 6 heterocycles. The van der Waals surface area contributed by atoms with Gasteiger partial charge in [0.2, 0.25) is 17.7 Å². The molecule has 1 fully saturated rings. The molecular formula is C37H29FN8O6. The molecule has 1 unspecified atom stereocenters. The highest BCUT2D eigenvalue weighted by atomic mass is 19.1. The molecule has 15 heteroatoms. The van der Waals surface area contributed by atoms with Crippen LogP contribution in [0.15, 0.2) is 70.1 Å². The van der Waals surface area contributed by atoms with E-state index in [2.05, 4.69) is 37.4 Å². The summed E-state index contributed by atoms with van der Waals surface area (Å²) in [5.74, 6) is 4.76. The SMILES string of the molecule is Cn1c(=O)n(C)c2c(F)cc(N3CCOc4nc(-c5ccc(C(=O)NCC#Cc6cc7c(C8CCC(=O)NC8=O)cccc7o6)nc5)ncc43)cc21. The molecule has 2 aromatic carbocycles. The average Bonchev–Trinajstić information content (AvgIpc) is 3.67. The second-order valence-electron chi connectivity index (χ2n) is 12.4. The van der Waals surface area contributed by atoms with Gasteiger partial charge in [-0.15, -0.1) is 0 Å². The molecule has 2 aliphatic heterocycles. The standard InChI is InChI=1S/C37H29FN8O6/c1-44-28-16-21(15-26(38)32(28)45(2)37(44)50)46-13-14-51-36-29(46)19-41-33(43-36)20-8-10-27(40-18-20)35(49)39-12-4-5-22-17-25-23(6-3-7-30(25)52-22)24-9-11-31(47)42-34(24)48/h3,6-8,10,15-19,24H,9,11-14H2,1-2H3,(H,39,49)(H,42,47,48). The van der Waals surface area contributed by atoms with E-state index < -0.39 is 17.6 Å². The summed E-state index contributed by atoms with van der Waals surface area (Å²) < 4.78 is 29.5. The summed E-state index contributed by atoms with van der Waals surface area (Å²) in [7, 11) is 3.13. The van der Waals surface area contributed by atoms with Crippen LogP contribution in [0.5, 0.6) is 5.88 Å². The zero-order valence-electron chi connectivity index (χ0n) is 27.9. The lowest BCUT2D eigenvalue weighted by Gasteiger charge is -2.30. The second kappa shape index (κ2) is 12.8. The first-order valence-corrected chi connectivity index (χ1v) is 16.4. The van der Waals surface area contributed by atoms with Crippen LogP contribution in [0.4, 0.5) is 15.8 Å². The molecule has 0 bridgehead atoms. The summed E-state index contributed by atoms with van der Waals surface area (Å²) in [6.07, 6.45) is 3.76. The van der Waals surface area contributed by atoms with Crippen LogP contribution in [0.25, 0.3) is 33.4 Å². The minimum atomic E-state index is -0.520. The molecule has 52 heavy (non-hydrogen) atoms. The smallest absolute Gasteiger partial charge is 0.328 e. The van der Waals surface area contributed by atoms with Crippen molar-refractivity contribution in [2.45, 2.75) is 18.8 Å². The van der Waals surface area contributed by atoms with Crippen LogP contribution < -0.4 is 26.0 Å². The summed E-state index contributed by atoms with van der Waals surface area (Å²) >= 11 is 0. The third-order valence-corrected chi connectivity index (χ3v) is 9.20. The van der Waals surface area contributed by atoms with Crippen LogP contribution in [0.3, 0.4) is 0 Å². The third-order valence-electron chi connectivity index (χ3n) is 9.20. The van der Waals surface area contributed by atoms with Gasteiger partial charge in [-0.3, -0.25) is 33.8 Å². The predicted octanol–water partition coefficient (Wildman–Crippen LogP) is 3.45. The van der Waals surface area contributed by atoms with Gasteiger partial charge in [-0.1, -0.05) is 18.1 Å². The highest BCUT2D eigenvalue weighted by Crippen LogP contribution is 2.37. The van der Waals surface area contributed by atoms with Crippen molar-refractivity contribution < 1.29 is 27.9 Å². The van der Waals surface area contributed by atoms with E-state index in [-0.39, 0.29) is 48.3 Å². The predicted molar refractivity (Wildman–Crippen MR) is 186 cm³/mol. The molecule has 0 saturated carbocycles. The molecule has 14 nitrogen and oxygen atoms in total. The number of nitrogens with one attached hydrogen (secondary N) is 2. The number of piperidine rings is 1. The Balaban J connectivity index is 0.935. The maximum absolute atomic E-state index is 15.2. The summed E-state index contributed by atoms with van der Waals surface area (Å²) in [4.78, 5) is 64.4. The number of imide groups is 1. The first kappa shape index (κ1) is 32.4. The zero-order chi connectivity index (χ0) is 36.1. The number of anilines is 2. The first-order valence-electron chi connectivity index (χ1n) is 16.4. The van der Waals surface area contributed by atoms with Crippen LogP contribution in [0.2, 0.25) is 0 Å². The summed E-state index contributed by atoms with van der Waals surface area (Å²) in [5.41, 5.74) is 3.48. The number of nitrogens with zero attached hydrogens (tertiary/aromatic N) is 6. The summed E-state index contributed by atoms with van der Waals surface area (Å²) in [6, 6.07) is 13.5. The van der Waals surface area contributed by atoms with Crippen molar-refractivity contribution in [3.8, 4) is 29.1 Å². The molecular weight excluding hydrogens is 671 g/mol. The molecule has 0 radical (unpaired) electrons. The Hall–Kier alpha value is -6.82. The summed E-state index contributed by atoms with van der Waals surface area (Å²) in [5, 5.41) is 5.85. The van der Waals surface area contributed by atoms with Crippen molar-refractivity contribution in [1.29, 1.82) is 0 Å². The number of halogens is 1. The number of imidazole rings is 1. The Labute approximate surface area is 294 Å². The van der Waals surface area contributed by atoms with Crippen LogP contribution in [0.1, 0.15) is 40.6 Å². The van der Waals surface area contributed by atoms with Gasteiger partial charge in [0.1, 0.15) is 29.1 Å². The van der Waals surface area contributed by atoms with Crippen molar-refractivity contribution in [2.75, 3.05) is 24.6 Å². The van der Waals surface area contributed by atoms with Gasteiger partial charge in [-0.2, -0.15) is 4.98 Å². The van der Waals surface area contributed by atoms with Gasteiger partial charge < -0.3 is 19.4 Å². The Morgan fingerprint density at radius 1 is 1.08 bits per heavy atom. The molecule has 1 saturated heterocycles. The molecule has 1 atom stereocenters. The number of carbonyl (C=O) groups excluding carboxylic acids is 3. The lowest BCUT2D eigenvalue weighted by atomic mass is 9.88. The van der Waals surface area contributed by atoms with E-state index in [1.54, 1.807) is 49.6 Å². The fraction of sp³-hybridized carbons (Fsp3) is 0.216. The van der Waals surface area contributed by atoms with Gasteiger partial charge in [-0.05, 0) is 48.2 Å². The molecule has 0 aliphatic carbocycles. The van der Waals surface area contributed by atoms with Crippen LogP contribution in [-0.4, -0.2) is 61.5 Å². The van der Waals surface area contributed by atoms with Crippen molar-refractivity contribution in [3.05, 3.63) is 94.2 Å². The van der Waals surface area contributed by atoms with Gasteiger partial charge >= 0.3 is 5.69 Å². The van der Waals surface area contributed by atoms with Gasteiger partial charge in [0, 0.05) is 49.4 Å². The molecule has 0 spiro atoms. The van der Waals surface area contributed by atoms with Crippen molar-refractivity contribution >= 4 is 51.1 Å². The molecule has 2 aliphatic rings. The quantitative estimate of drug-likeness (QED) is 0.201. The average molecular weight is 701 g/mol. The Bertz CT molecular complexity index is 2580. The monoisotopic (exact) mass is 700 g/mol. The minimum Gasteiger partial charge on any atom is -0.474 e. The number of amides is 3. The van der Waals surface area contributed by atoms with Crippen LogP contribution in [0, 0.1) is 17.7 Å². The fourth-order valence-electron chi connectivity index (χ4n) is 6.60. The number of ether oxygens (including phenoxy) is 1. The van der Waals surface area contributed by atoms with E-state index >= 15 is 4.39 Å². The maximum Gasteiger partial charge on any atom is 0.328 e. The minimum absolute atomic E-state index is 0.0263. The number of fused-ring (bicyclic) bond motifs is 3. The molecule has 6 aromatic rings. The molecule has 4 aromatic heterocycles. The van der Waals surface area contributed by atoms with E-state index in [0.29, 0.717) is 58.5 Å². The number of aromatic nitrogens is 5. The number of rotatable bonds is 5. The van der Waals surface area contributed by atoms with Crippen molar-refractivity contribution in [3.63, 3.8) is 0 Å². The highest BCUT2D eigenvalue weighted by molar-refractivity contribution is 6.02. The van der Waals surface area contributed by atoms with E-state index in [9.17, 15) is 19.2 Å². The number of hydrogen-bond donors (Lipinski definition) is 2. The number of furan rings is 1. The lowest BCUT2D eigenvalue weighted by Crippen LogP contribution is -2.39. The molecule has 3 amide bonds. The van der Waals surface area contributed by atoms with Crippen molar-refractivity contribution in [2.24, 2.45) is 14.1 Å². The van der Waals surface area contributed by atoms with Crippen molar-refractivity contribution in [1.82, 2.24) is 34.7 Å². The highest BCUT2D eigenvalue weighted by Gasteiger charge is 2.30. The zero-order valence-corrected chi connectivity index (χ0v) is 27.9. The van der Waals surface area contributed by atoms with Gasteiger partial charge in [0.15, 0.2) is 17.4 Å². The van der Waals surface area contributed by atoms with Gasteiger partial charge in [0.25, 0.3) is 5.91 Å². The molecule has 8 rings (SSSR count). The number of carbonyl (C=O) groups is 3. The fourth-order valence-corrected chi connectivity index (χ4v) is 6.60. The number of hydrogen-bond acceptors (Lipinski definition) is 10. The van der Waals surface area contributed by atoms with Gasteiger partial charge in [-0.25, -0.2) is 14.2 Å². The maximum atomic E-state index is 15.2. The van der Waals surface area contributed by atoms with Gasteiger partial charge in [0.05, 0.1) is 30.7 Å². The van der Waals surface area contributed by atoms with E-state index in [1.165, 1.54) is 28.4 Å².